The van der Waals surface area contributed by atoms with Crippen LogP contribution in [-0.2, 0) is 16.1 Å². The van der Waals surface area contributed by atoms with E-state index in [2.05, 4.69) is 10.2 Å². The van der Waals surface area contributed by atoms with E-state index in [1.54, 1.807) is 20.0 Å². The average molecular weight is 378 g/mol. The van der Waals surface area contributed by atoms with Gasteiger partial charge in [-0.1, -0.05) is 6.07 Å². The van der Waals surface area contributed by atoms with E-state index in [-0.39, 0.29) is 24.2 Å². The fourth-order valence-electron chi connectivity index (χ4n) is 3.46. The number of ether oxygens (including phenoxy) is 1. The summed E-state index contributed by atoms with van der Waals surface area (Å²) in [5.74, 6) is -0.617. The number of likely N-dealkylation sites (tertiary alicyclic amines) is 1. The van der Waals surface area contributed by atoms with E-state index in [1.165, 1.54) is 17.4 Å². The van der Waals surface area contributed by atoms with Gasteiger partial charge in [-0.15, -0.1) is 11.3 Å². The van der Waals surface area contributed by atoms with E-state index in [9.17, 15) is 14.0 Å². The van der Waals surface area contributed by atoms with Crippen LogP contribution < -0.4 is 5.32 Å². The van der Waals surface area contributed by atoms with Gasteiger partial charge in [-0.3, -0.25) is 9.69 Å². The number of halogens is 1. The summed E-state index contributed by atoms with van der Waals surface area (Å²) in [5, 5.41) is 3.21. The highest BCUT2D eigenvalue weighted by atomic mass is 32.1. The summed E-state index contributed by atoms with van der Waals surface area (Å²) in [7, 11) is 1.65. The lowest BCUT2D eigenvalue weighted by Crippen LogP contribution is -2.39. The number of carbonyl (C=O) groups excluding carboxylic acids is 2. The van der Waals surface area contributed by atoms with Gasteiger partial charge in [0.1, 0.15) is 10.7 Å². The normalized spacial score (nSPS) is 16.0. The predicted octanol–water partition coefficient (Wildman–Crippen LogP) is 3.18. The number of fused-ring (bicyclic) bond motifs is 1. The molecule has 0 unspecified atom stereocenters. The van der Waals surface area contributed by atoms with E-state index < -0.39 is 5.97 Å². The number of hydrogen-bond donors (Lipinski definition) is 1. The Labute approximate surface area is 156 Å². The van der Waals surface area contributed by atoms with Crippen LogP contribution in [0.25, 0.3) is 10.1 Å². The number of thiophene rings is 1. The molecule has 0 spiro atoms. The number of carbonyl (C=O) groups is 2. The van der Waals surface area contributed by atoms with Crippen molar-refractivity contribution in [2.24, 2.45) is 5.92 Å². The Bertz CT molecular complexity index is 812. The highest BCUT2D eigenvalue weighted by molar-refractivity contribution is 7.21. The molecule has 7 heteroatoms. The van der Waals surface area contributed by atoms with Crippen molar-refractivity contribution in [3.8, 4) is 0 Å². The first-order valence-electron chi connectivity index (χ1n) is 8.86. The quantitative estimate of drug-likeness (QED) is 0.812. The molecular weight excluding hydrogens is 355 g/mol. The second-order valence-corrected chi connectivity index (χ2v) is 7.46. The molecule has 1 aromatic heterocycles. The second kappa shape index (κ2) is 8.14. The summed E-state index contributed by atoms with van der Waals surface area (Å²) in [6.07, 6.45) is 1.53. The van der Waals surface area contributed by atoms with Gasteiger partial charge in [0.25, 0.3) is 0 Å². The van der Waals surface area contributed by atoms with Crippen molar-refractivity contribution >= 4 is 33.3 Å². The molecule has 1 aliphatic heterocycles. The van der Waals surface area contributed by atoms with Gasteiger partial charge >= 0.3 is 5.97 Å². The lowest BCUT2D eigenvalue weighted by Gasteiger charge is -2.31. The summed E-state index contributed by atoms with van der Waals surface area (Å²) in [6, 6.07) is 4.90. The van der Waals surface area contributed by atoms with E-state index >= 15 is 0 Å². The van der Waals surface area contributed by atoms with Crippen molar-refractivity contribution in [1.29, 1.82) is 0 Å². The lowest BCUT2D eigenvalue weighted by molar-refractivity contribution is -0.125. The molecule has 26 heavy (non-hydrogen) atoms. The van der Waals surface area contributed by atoms with E-state index in [0.29, 0.717) is 22.4 Å². The average Bonchev–Trinajstić information content (AvgIpc) is 3.02. The van der Waals surface area contributed by atoms with Crippen LogP contribution in [0, 0.1) is 11.7 Å². The summed E-state index contributed by atoms with van der Waals surface area (Å²) in [5.41, 5.74) is 0.694. The number of nitrogens with one attached hydrogen (secondary N) is 1. The maximum Gasteiger partial charge on any atom is 0.348 e. The Morgan fingerprint density at radius 2 is 2.08 bits per heavy atom. The van der Waals surface area contributed by atoms with Crippen LogP contribution in [-0.4, -0.2) is 43.5 Å². The Hall–Kier alpha value is -1.99. The predicted molar refractivity (Wildman–Crippen MR) is 99.8 cm³/mol. The van der Waals surface area contributed by atoms with Gasteiger partial charge in [-0.05, 0) is 45.0 Å². The van der Waals surface area contributed by atoms with E-state index in [4.69, 9.17) is 4.74 Å². The number of amides is 1. The molecule has 0 aliphatic carbocycles. The molecule has 2 heterocycles. The summed E-state index contributed by atoms with van der Waals surface area (Å²) in [6.45, 7) is 4.01. The molecule has 0 radical (unpaired) electrons. The third-order valence-corrected chi connectivity index (χ3v) is 5.99. The van der Waals surface area contributed by atoms with E-state index in [0.717, 1.165) is 30.6 Å². The van der Waals surface area contributed by atoms with Crippen LogP contribution in [0.3, 0.4) is 0 Å². The highest BCUT2D eigenvalue weighted by Gasteiger charge is 2.27. The summed E-state index contributed by atoms with van der Waals surface area (Å²) in [4.78, 5) is 26.8. The molecule has 1 fully saturated rings. The van der Waals surface area contributed by atoms with Crippen LogP contribution in [0.4, 0.5) is 4.39 Å². The maximum atomic E-state index is 14.5. The molecule has 0 atom stereocenters. The number of piperidine rings is 1. The molecule has 1 N–H and O–H groups in total. The van der Waals surface area contributed by atoms with Gasteiger partial charge in [0.15, 0.2) is 0 Å². The van der Waals surface area contributed by atoms with Crippen molar-refractivity contribution < 1.29 is 18.7 Å². The first-order valence-corrected chi connectivity index (χ1v) is 9.67. The van der Waals surface area contributed by atoms with Gasteiger partial charge in [-0.25, -0.2) is 9.18 Å². The number of hydrogen-bond acceptors (Lipinski definition) is 5. The largest absolute Gasteiger partial charge is 0.462 e. The van der Waals surface area contributed by atoms with E-state index in [1.807, 2.05) is 6.07 Å². The van der Waals surface area contributed by atoms with Crippen molar-refractivity contribution in [2.45, 2.75) is 26.3 Å². The van der Waals surface area contributed by atoms with Gasteiger partial charge in [0.05, 0.1) is 6.61 Å². The standard InChI is InChI=1S/C19H23FN2O3S/c1-3-25-19(24)17-13(16-14(20)5-4-6-15(16)26-17)11-22-9-7-12(8-10-22)18(23)21-2/h4-6,12H,3,7-11H2,1-2H3,(H,21,23). The molecule has 2 aromatic rings. The third-order valence-electron chi connectivity index (χ3n) is 4.81. The zero-order chi connectivity index (χ0) is 18.7. The molecule has 0 bridgehead atoms. The number of rotatable bonds is 5. The zero-order valence-corrected chi connectivity index (χ0v) is 15.8. The smallest absolute Gasteiger partial charge is 0.348 e. The van der Waals surface area contributed by atoms with Crippen LogP contribution in [0.1, 0.15) is 35.0 Å². The second-order valence-electron chi connectivity index (χ2n) is 6.41. The molecule has 1 amide bonds. The van der Waals surface area contributed by atoms with Crippen molar-refractivity contribution in [2.75, 3.05) is 26.7 Å². The highest BCUT2D eigenvalue weighted by Crippen LogP contribution is 2.35. The number of esters is 1. The SMILES string of the molecule is CCOC(=O)c1sc2cccc(F)c2c1CN1CCC(C(=O)NC)CC1. The van der Waals surface area contributed by atoms with Gasteiger partial charge in [0.2, 0.25) is 5.91 Å². The fraction of sp³-hybridized carbons (Fsp3) is 0.474. The Morgan fingerprint density at radius 3 is 2.73 bits per heavy atom. The number of nitrogens with zero attached hydrogens (tertiary/aromatic N) is 1. The minimum atomic E-state index is -0.400. The Kier molecular flexibility index (Phi) is 5.88. The molecule has 1 saturated heterocycles. The zero-order valence-electron chi connectivity index (χ0n) is 15.0. The Balaban J connectivity index is 1.86. The molecular formula is C19H23FN2O3S. The monoisotopic (exact) mass is 378 g/mol. The van der Waals surface area contributed by atoms with Crippen LogP contribution in [0.2, 0.25) is 0 Å². The van der Waals surface area contributed by atoms with Crippen molar-refractivity contribution in [1.82, 2.24) is 10.2 Å². The van der Waals surface area contributed by atoms with Crippen molar-refractivity contribution in [3.05, 3.63) is 34.5 Å². The van der Waals surface area contributed by atoms with Crippen LogP contribution in [0.15, 0.2) is 18.2 Å². The lowest BCUT2D eigenvalue weighted by atomic mass is 9.95. The maximum absolute atomic E-state index is 14.5. The van der Waals surface area contributed by atoms with Crippen LogP contribution in [0.5, 0.6) is 0 Å². The third kappa shape index (κ3) is 3.73. The van der Waals surface area contributed by atoms with Crippen LogP contribution >= 0.6 is 11.3 Å². The van der Waals surface area contributed by atoms with Gasteiger partial charge in [0, 0.05) is 35.2 Å². The fourth-order valence-corrected chi connectivity index (χ4v) is 4.58. The number of benzene rings is 1. The Morgan fingerprint density at radius 1 is 1.35 bits per heavy atom. The van der Waals surface area contributed by atoms with Crippen molar-refractivity contribution in [3.63, 3.8) is 0 Å². The van der Waals surface area contributed by atoms with Gasteiger partial charge < -0.3 is 10.1 Å². The molecule has 3 rings (SSSR count). The minimum Gasteiger partial charge on any atom is -0.462 e. The molecule has 1 aliphatic rings. The summed E-state index contributed by atoms with van der Waals surface area (Å²) >= 11 is 1.28. The topological polar surface area (TPSA) is 58.6 Å². The molecule has 140 valence electrons. The molecule has 5 nitrogen and oxygen atoms in total. The first kappa shape index (κ1) is 18.8. The minimum absolute atomic E-state index is 0.0248. The molecule has 1 aromatic carbocycles. The molecule has 0 saturated carbocycles. The first-order chi connectivity index (χ1) is 12.5. The summed E-state index contributed by atoms with van der Waals surface area (Å²) < 4.78 is 20.4. The van der Waals surface area contributed by atoms with Gasteiger partial charge in [-0.2, -0.15) is 0 Å².